The van der Waals surface area contributed by atoms with Crippen LogP contribution in [0.5, 0.6) is 0 Å². The van der Waals surface area contributed by atoms with Crippen molar-refractivity contribution in [2.45, 2.75) is 44.4 Å². The second-order valence-electron chi connectivity index (χ2n) is 4.88. The molecule has 0 heterocycles. The largest absolute Gasteiger partial charge is 0.393 e. The van der Waals surface area contributed by atoms with Gasteiger partial charge in [-0.2, -0.15) is 0 Å². The van der Waals surface area contributed by atoms with Crippen LogP contribution in [0.15, 0.2) is 16.6 Å². The zero-order valence-electron chi connectivity index (χ0n) is 10.2. The first-order chi connectivity index (χ1) is 8.59. The van der Waals surface area contributed by atoms with Crippen molar-refractivity contribution in [3.63, 3.8) is 0 Å². The molecule has 1 aliphatic rings. The molecular formula is C13H17BrN2O2. The second-order valence-corrected chi connectivity index (χ2v) is 5.79. The first-order valence-corrected chi connectivity index (χ1v) is 7.12. The van der Waals surface area contributed by atoms with Crippen molar-refractivity contribution < 1.29 is 4.92 Å². The molecule has 1 aromatic rings. The van der Waals surface area contributed by atoms with Crippen molar-refractivity contribution in [1.82, 2.24) is 0 Å². The predicted molar refractivity (Wildman–Crippen MR) is 75.7 cm³/mol. The smallest absolute Gasteiger partial charge is 0.295 e. The molecule has 0 bridgehead atoms. The molecule has 1 aromatic carbocycles. The maximum absolute atomic E-state index is 11.2. The fraction of sp³-hybridized carbons (Fsp3) is 0.538. The summed E-state index contributed by atoms with van der Waals surface area (Å²) in [6.45, 7) is 0. The SMILES string of the molecule is Nc1cc(Br)cc(C2CCCCCC2)c1[N+](=O)[O-]. The number of rotatable bonds is 2. The van der Waals surface area contributed by atoms with Crippen LogP contribution in [-0.2, 0) is 0 Å². The van der Waals surface area contributed by atoms with E-state index in [1.807, 2.05) is 6.07 Å². The molecule has 5 heteroatoms. The lowest BCUT2D eigenvalue weighted by Gasteiger charge is -2.16. The summed E-state index contributed by atoms with van der Waals surface area (Å²) in [6.07, 6.45) is 6.80. The van der Waals surface area contributed by atoms with Crippen LogP contribution in [0, 0.1) is 10.1 Å². The van der Waals surface area contributed by atoms with Gasteiger partial charge in [-0.25, -0.2) is 0 Å². The number of anilines is 1. The van der Waals surface area contributed by atoms with Gasteiger partial charge in [-0.15, -0.1) is 0 Å². The number of nitro benzene ring substituents is 1. The fourth-order valence-corrected chi connectivity index (χ4v) is 3.25. The highest BCUT2D eigenvalue weighted by molar-refractivity contribution is 9.10. The van der Waals surface area contributed by atoms with Crippen molar-refractivity contribution in [2.24, 2.45) is 0 Å². The van der Waals surface area contributed by atoms with Gasteiger partial charge < -0.3 is 5.73 Å². The summed E-state index contributed by atoms with van der Waals surface area (Å²) < 4.78 is 0.824. The number of nitrogens with two attached hydrogens (primary N) is 1. The molecule has 0 atom stereocenters. The lowest BCUT2D eigenvalue weighted by Crippen LogP contribution is -2.05. The topological polar surface area (TPSA) is 69.2 Å². The zero-order valence-corrected chi connectivity index (χ0v) is 11.8. The Morgan fingerprint density at radius 2 is 1.83 bits per heavy atom. The maximum atomic E-state index is 11.2. The van der Waals surface area contributed by atoms with Crippen molar-refractivity contribution in [2.75, 3.05) is 5.73 Å². The van der Waals surface area contributed by atoms with E-state index in [1.165, 1.54) is 12.8 Å². The van der Waals surface area contributed by atoms with Gasteiger partial charge in [0.05, 0.1) is 4.92 Å². The van der Waals surface area contributed by atoms with Crippen LogP contribution < -0.4 is 5.73 Å². The highest BCUT2D eigenvalue weighted by Crippen LogP contribution is 2.40. The lowest BCUT2D eigenvalue weighted by molar-refractivity contribution is -0.384. The van der Waals surface area contributed by atoms with Crippen LogP contribution in [0.4, 0.5) is 11.4 Å². The molecule has 0 amide bonds. The Bertz CT molecular complexity index is 455. The van der Waals surface area contributed by atoms with Crippen molar-refractivity contribution in [3.8, 4) is 0 Å². The molecule has 0 saturated heterocycles. The van der Waals surface area contributed by atoms with Gasteiger partial charge >= 0.3 is 0 Å². The summed E-state index contributed by atoms with van der Waals surface area (Å²) in [6, 6.07) is 3.48. The van der Waals surface area contributed by atoms with Gasteiger partial charge in [0.1, 0.15) is 5.69 Å². The van der Waals surface area contributed by atoms with E-state index in [1.54, 1.807) is 6.07 Å². The molecule has 18 heavy (non-hydrogen) atoms. The Kier molecular flexibility index (Phi) is 4.22. The van der Waals surface area contributed by atoms with Crippen LogP contribution in [0.3, 0.4) is 0 Å². The third kappa shape index (κ3) is 2.83. The number of benzene rings is 1. The number of nitrogens with zero attached hydrogens (tertiary/aromatic N) is 1. The highest BCUT2D eigenvalue weighted by atomic mass is 79.9. The van der Waals surface area contributed by atoms with Gasteiger partial charge in [0.2, 0.25) is 0 Å². The standard InChI is InChI=1S/C13H17BrN2O2/c14-10-7-11(9-5-3-1-2-4-6-9)13(16(17)18)12(15)8-10/h7-9H,1-6,15H2. The molecule has 1 aliphatic carbocycles. The molecule has 1 fully saturated rings. The molecule has 2 N–H and O–H groups in total. The molecule has 0 unspecified atom stereocenters. The lowest BCUT2D eigenvalue weighted by atomic mass is 9.90. The Morgan fingerprint density at radius 3 is 2.39 bits per heavy atom. The quantitative estimate of drug-likeness (QED) is 0.381. The molecule has 0 aliphatic heterocycles. The van der Waals surface area contributed by atoms with Crippen molar-refractivity contribution in [1.29, 1.82) is 0 Å². The first kappa shape index (κ1) is 13.3. The first-order valence-electron chi connectivity index (χ1n) is 6.33. The molecule has 0 radical (unpaired) electrons. The van der Waals surface area contributed by atoms with Crippen molar-refractivity contribution >= 4 is 27.3 Å². The Labute approximate surface area is 115 Å². The fourth-order valence-electron chi connectivity index (χ4n) is 2.75. The monoisotopic (exact) mass is 312 g/mol. The highest BCUT2D eigenvalue weighted by Gasteiger charge is 2.26. The van der Waals surface area contributed by atoms with Gasteiger partial charge in [0.15, 0.2) is 0 Å². The minimum Gasteiger partial charge on any atom is -0.393 e. The molecule has 2 rings (SSSR count). The predicted octanol–water partition coefficient (Wildman–Crippen LogP) is 4.38. The summed E-state index contributed by atoms with van der Waals surface area (Å²) in [5.74, 6) is 0.271. The summed E-state index contributed by atoms with van der Waals surface area (Å²) in [4.78, 5) is 10.8. The van der Waals surface area contributed by atoms with Crippen LogP contribution in [0.1, 0.15) is 50.0 Å². The number of nitrogen functional groups attached to an aromatic ring is 1. The normalized spacial score (nSPS) is 17.4. The van der Waals surface area contributed by atoms with Gasteiger partial charge in [0.25, 0.3) is 5.69 Å². The van der Waals surface area contributed by atoms with Gasteiger partial charge in [0, 0.05) is 10.0 Å². The van der Waals surface area contributed by atoms with E-state index in [4.69, 9.17) is 5.73 Å². The Balaban J connectivity index is 2.43. The van der Waals surface area contributed by atoms with Crippen molar-refractivity contribution in [3.05, 3.63) is 32.3 Å². The summed E-state index contributed by atoms with van der Waals surface area (Å²) in [5.41, 5.74) is 6.96. The maximum Gasteiger partial charge on any atom is 0.295 e. The minimum absolute atomic E-state index is 0.102. The summed E-state index contributed by atoms with van der Waals surface area (Å²) >= 11 is 3.38. The van der Waals surface area contributed by atoms with E-state index in [-0.39, 0.29) is 22.2 Å². The summed E-state index contributed by atoms with van der Waals surface area (Å²) in [7, 11) is 0. The van der Waals surface area contributed by atoms with Gasteiger partial charge in [-0.1, -0.05) is 41.6 Å². The van der Waals surface area contributed by atoms with E-state index >= 15 is 0 Å². The minimum atomic E-state index is -0.345. The average molecular weight is 313 g/mol. The summed E-state index contributed by atoms with van der Waals surface area (Å²) in [5, 5.41) is 11.2. The third-order valence-electron chi connectivity index (χ3n) is 3.61. The number of nitro groups is 1. The number of halogens is 1. The number of hydrogen-bond acceptors (Lipinski definition) is 3. The molecular weight excluding hydrogens is 296 g/mol. The van der Waals surface area contributed by atoms with E-state index < -0.39 is 0 Å². The number of hydrogen-bond donors (Lipinski definition) is 1. The van der Waals surface area contributed by atoms with Gasteiger partial charge in [-0.05, 0) is 30.9 Å². The van der Waals surface area contributed by atoms with Gasteiger partial charge in [-0.3, -0.25) is 10.1 Å². The van der Waals surface area contributed by atoms with E-state index in [0.29, 0.717) is 0 Å². The average Bonchev–Trinajstić information content (AvgIpc) is 2.55. The molecule has 0 aromatic heterocycles. The molecule has 1 saturated carbocycles. The Hall–Kier alpha value is -1.10. The third-order valence-corrected chi connectivity index (χ3v) is 4.07. The Morgan fingerprint density at radius 1 is 1.22 bits per heavy atom. The second kappa shape index (κ2) is 5.69. The zero-order chi connectivity index (χ0) is 13.1. The van der Waals surface area contributed by atoms with E-state index in [0.717, 1.165) is 35.7 Å². The van der Waals surface area contributed by atoms with Crippen LogP contribution in [-0.4, -0.2) is 4.92 Å². The molecule has 98 valence electrons. The molecule has 4 nitrogen and oxygen atoms in total. The van der Waals surface area contributed by atoms with Crippen LogP contribution in [0.2, 0.25) is 0 Å². The van der Waals surface area contributed by atoms with Crippen LogP contribution in [0.25, 0.3) is 0 Å². The molecule has 0 spiro atoms. The van der Waals surface area contributed by atoms with E-state index in [2.05, 4.69) is 15.9 Å². The van der Waals surface area contributed by atoms with E-state index in [9.17, 15) is 10.1 Å². The van der Waals surface area contributed by atoms with Crippen LogP contribution >= 0.6 is 15.9 Å².